The zero-order valence-electron chi connectivity index (χ0n) is 28.6. The summed E-state index contributed by atoms with van der Waals surface area (Å²) in [7, 11) is 0. The second kappa shape index (κ2) is 16.4. The first kappa shape index (κ1) is 36.8. The van der Waals surface area contributed by atoms with Crippen LogP contribution >= 0.6 is 0 Å². The molecule has 4 rings (SSSR count). The predicted molar refractivity (Wildman–Crippen MR) is 179 cm³/mol. The molecule has 1 aromatic carbocycles. The summed E-state index contributed by atoms with van der Waals surface area (Å²) in [5.41, 5.74) is 1.01. The zero-order valence-corrected chi connectivity index (χ0v) is 28.6. The van der Waals surface area contributed by atoms with Gasteiger partial charge in [0.05, 0.1) is 24.0 Å². The second-order valence-corrected chi connectivity index (χ2v) is 13.6. The topological polar surface area (TPSA) is 185 Å². The Kier molecular flexibility index (Phi) is 12.3. The molecule has 4 atom stereocenters. The van der Waals surface area contributed by atoms with E-state index in [0.717, 1.165) is 0 Å². The Morgan fingerprint density at radius 1 is 1.00 bits per heavy atom. The Hall–Kier alpha value is -5.01. The number of amides is 5. The van der Waals surface area contributed by atoms with Gasteiger partial charge in [0, 0.05) is 37.2 Å². The molecule has 1 unspecified atom stereocenters. The van der Waals surface area contributed by atoms with Crippen molar-refractivity contribution in [3.8, 4) is 0 Å². The zero-order chi connectivity index (χ0) is 35.7. The molecule has 14 heteroatoms. The van der Waals surface area contributed by atoms with Gasteiger partial charge in [-0.3, -0.25) is 29.1 Å². The lowest BCUT2D eigenvalue weighted by Crippen LogP contribution is -2.55. The molecular formula is C35H46N6O8. The summed E-state index contributed by atoms with van der Waals surface area (Å²) >= 11 is 0. The Balaban J connectivity index is 1.45. The number of para-hydroxylation sites is 1. The van der Waals surface area contributed by atoms with E-state index >= 15 is 0 Å². The molecule has 1 fully saturated rings. The summed E-state index contributed by atoms with van der Waals surface area (Å²) in [6.45, 7) is 9.74. The van der Waals surface area contributed by atoms with Crippen molar-refractivity contribution in [2.75, 3.05) is 18.0 Å². The minimum absolute atomic E-state index is 0.000799. The average Bonchev–Trinajstić information content (AvgIpc) is 3.45. The number of ether oxygens (including phenoxy) is 2. The summed E-state index contributed by atoms with van der Waals surface area (Å²) in [6, 6.07) is 9.78. The summed E-state index contributed by atoms with van der Waals surface area (Å²) < 4.78 is 11.4. The number of alkyl carbamates (subject to hydrolysis) is 1. The number of Topliss-reactive ketones (excluding diaryl/α,β-unsaturated/α-hetero) is 1. The first-order valence-electron chi connectivity index (χ1n) is 16.6. The number of rotatable bonds is 12. The van der Waals surface area contributed by atoms with Crippen LogP contribution in [0.5, 0.6) is 0 Å². The van der Waals surface area contributed by atoms with Crippen LogP contribution < -0.4 is 26.2 Å². The number of hydrogen-bond acceptors (Lipinski definition) is 9. The van der Waals surface area contributed by atoms with Gasteiger partial charge < -0.3 is 30.7 Å². The van der Waals surface area contributed by atoms with Gasteiger partial charge in [-0.25, -0.2) is 9.59 Å². The first-order chi connectivity index (χ1) is 23.2. The number of hydrogen-bond donors (Lipinski definition) is 4. The van der Waals surface area contributed by atoms with E-state index in [1.54, 1.807) is 69.4 Å². The summed E-state index contributed by atoms with van der Waals surface area (Å²) in [5, 5.41) is 10.5. The number of carbonyl (C=O) groups is 6. The highest BCUT2D eigenvalue weighted by atomic mass is 16.6. The van der Waals surface area contributed by atoms with Crippen LogP contribution in [0.1, 0.15) is 77.7 Å². The van der Waals surface area contributed by atoms with E-state index in [4.69, 9.17) is 9.47 Å². The van der Waals surface area contributed by atoms with E-state index in [0.29, 0.717) is 36.3 Å². The number of nitrogens with zero attached hydrogens (tertiary/aromatic N) is 2. The van der Waals surface area contributed by atoms with Crippen molar-refractivity contribution < 1.29 is 38.2 Å². The molecule has 49 heavy (non-hydrogen) atoms. The monoisotopic (exact) mass is 678 g/mol. The highest BCUT2D eigenvalue weighted by molar-refractivity contribution is 6.38. The molecule has 0 radical (unpaired) electrons. The molecule has 0 spiro atoms. The fourth-order valence-electron chi connectivity index (χ4n) is 5.74. The molecule has 2 aliphatic heterocycles. The van der Waals surface area contributed by atoms with Gasteiger partial charge in [-0.15, -0.1) is 0 Å². The number of ketones is 1. The molecule has 5 amide bonds. The molecule has 14 nitrogen and oxygen atoms in total. The summed E-state index contributed by atoms with van der Waals surface area (Å²) in [6.07, 6.45) is 0.323. The van der Waals surface area contributed by atoms with E-state index in [9.17, 15) is 28.8 Å². The number of benzene rings is 1. The van der Waals surface area contributed by atoms with Crippen molar-refractivity contribution >= 4 is 41.4 Å². The third-order valence-corrected chi connectivity index (χ3v) is 8.06. The van der Waals surface area contributed by atoms with Crippen LogP contribution in [0.3, 0.4) is 0 Å². The van der Waals surface area contributed by atoms with Crippen molar-refractivity contribution in [2.24, 2.45) is 11.8 Å². The van der Waals surface area contributed by atoms with E-state index in [2.05, 4.69) is 26.3 Å². The largest absolute Gasteiger partial charge is 0.443 e. The normalized spacial score (nSPS) is 18.4. The van der Waals surface area contributed by atoms with Crippen molar-refractivity contribution in [3.63, 3.8) is 0 Å². The lowest BCUT2D eigenvalue weighted by atomic mass is 9.94. The number of fused-ring (bicyclic) bond motifs is 1. The average molecular weight is 679 g/mol. The van der Waals surface area contributed by atoms with Crippen LogP contribution in [-0.2, 0) is 35.2 Å². The van der Waals surface area contributed by atoms with E-state index in [1.165, 1.54) is 4.90 Å². The molecule has 1 saturated heterocycles. The van der Waals surface area contributed by atoms with E-state index in [-0.39, 0.29) is 37.8 Å². The van der Waals surface area contributed by atoms with Gasteiger partial charge in [-0.2, -0.15) is 0 Å². The Morgan fingerprint density at radius 2 is 1.73 bits per heavy atom. The van der Waals surface area contributed by atoms with Gasteiger partial charge in [0.1, 0.15) is 17.7 Å². The van der Waals surface area contributed by atoms with Crippen molar-refractivity contribution in [3.05, 3.63) is 59.9 Å². The number of aromatic nitrogens is 1. The maximum Gasteiger partial charge on any atom is 0.414 e. The molecule has 3 heterocycles. The van der Waals surface area contributed by atoms with Gasteiger partial charge in [0.25, 0.3) is 5.91 Å². The quantitative estimate of drug-likeness (QED) is 0.245. The lowest BCUT2D eigenvalue weighted by molar-refractivity contribution is -0.141. The smallest absolute Gasteiger partial charge is 0.414 e. The molecule has 0 bridgehead atoms. The highest BCUT2D eigenvalue weighted by Gasteiger charge is 2.37. The van der Waals surface area contributed by atoms with E-state index < -0.39 is 59.5 Å². The molecule has 0 saturated carbocycles. The minimum atomic E-state index is -1.32. The van der Waals surface area contributed by atoms with Crippen LogP contribution in [0.25, 0.3) is 0 Å². The first-order valence-corrected chi connectivity index (χ1v) is 16.6. The Labute approximate surface area is 286 Å². The molecule has 2 aromatic rings. The van der Waals surface area contributed by atoms with Crippen LogP contribution in [0.4, 0.5) is 15.3 Å². The van der Waals surface area contributed by atoms with Gasteiger partial charge in [-0.05, 0) is 64.2 Å². The fourth-order valence-corrected chi connectivity index (χ4v) is 5.74. The summed E-state index contributed by atoms with van der Waals surface area (Å²) in [4.78, 5) is 84.1. The van der Waals surface area contributed by atoms with Crippen molar-refractivity contribution in [1.29, 1.82) is 0 Å². The minimum Gasteiger partial charge on any atom is -0.443 e. The Morgan fingerprint density at radius 3 is 2.39 bits per heavy atom. The number of carbonyl (C=O) groups excluding carboxylic acids is 6. The molecule has 0 aliphatic carbocycles. The Bertz CT molecular complexity index is 1530. The third-order valence-electron chi connectivity index (χ3n) is 8.06. The summed E-state index contributed by atoms with van der Waals surface area (Å²) in [5.74, 6) is -3.43. The highest BCUT2D eigenvalue weighted by Crippen LogP contribution is 2.36. The second-order valence-electron chi connectivity index (χ2n) is 13.6. The van der Waals surface area contributed by atoms with Gasteiger partial charge in [0.15, 0.2) is 0 Å². The predicted octanol–water partition coefficient (Wildman–Crippen LogP) is 3.31. The number of anilines is 1. The van der Waals surface area contributed by atoms with Gasteiger partial charge in [-0.1, -0.05) is 38.1 Å². The van der Waals surface area contributed by atoms with Crippen LogP contribution in [0.2, 0.25) is 0 Å². The maximum atomic E-state index is 13.7. The van der Waals surface area contributed by atoms with Crippen LogP contribution in [0, 0.1) is 11.8 Å². The SMILES string of the molecule is CC(C)C[C@H](NC(=O)OC1CCN(C(=O)OC(C)(C)C)c2ccccc21)C(=O)N[C@@H](C[C@@H]1CCNC1=O)C(=O)C(=O)NCc1ccccn1. The molecular weight excluding hydrogens is 632 g/mol. The molecule has 264 valence electrons. The van der Waals surface area contributed by atoms with Crippen molar-refractivity contribution in [1.82, 2.24) is 26.3 Å². The van der Waals surface area contributed by atoms with E-state index in [1.807, 2.05) is 13.8 Å². The van der Waals surface area contributed by atoms with Crippen LogP contribution in [0.15, 0.2) is 48.7 Å². The number of pyridine rings is 1. The molecule has 4 N–H and O–H groups in total. The molecule has 1 aromatic heterocycles. The van der Waals surface area contributed by atoms with Crippen LogP contribution in [-0.4, -0.2) is 71.4 Å². The number of nitrogens with one attached hydrogen (secondary N) is 4. The molecule has 2 aliphatic rings. The third kappa shape index (κ3) is 10.5. The standard InChI is InChI=1S/C35H46N6O8/c1-21(2)18-26(40-33(46)48-28-14-17-41(34(47)49-35(3,4)5)27-12-7-6-11-24(27)28)31(44)39-25(19-22-13-16-37-30(22)43)29(42)32(45)38-20-23-10-8-9-15-36-23/h6-12,15,21-22,25-26,28H,13-14,16-20H2,1-5H3,(H,37,43)(H,38,45)(H,39,44)(H,40,46)/t22-,25-,26-,28?/m0/s1. The fraction of sp³-hybridized carbons (Fsp3) is 0.514. The lowest BCUT2D eigenvalue weighted by Gasteiger charge is -2.35. The van der Waals surface area contributed by atoms with Crippen molar-refractivity contribution in [2.45, 2.75) is 90.6 Å². The van der Waals surface area contributed by atoms with Gasteiger partial charge in [0.2, 0.25) is 17.6 Å². The van der Waals surface area contributed by atoms with Gasteiger partial charge >= 0.3 is 12.2 Å². The maximum absolute atomic E-state index is 13.7.